The molecule has 0 radical (unpaired) electrons. The van der Waals surface area contributed by atoms with Gasteiger partial charge in [-0.1, -0.05) is 34.1 Å². The Morgan fingerprint density at radius 1 is 1.11 bits per heavy atom. The number of carbonyl (C=O) groups excluding carboxylic acids is 1. The van der Waals surface area contributed by atoms with Crippen LogP contribution in [0.4, 0.5) is 0 Å². The number of rotatable bonds is 9. The molecule has 1 atom stereocenters. The maximum atomic E-state index is 11.9. The van der Waals surface area contributed by atoms with Crippen LogP contribution in [0.1, 0.15) is 47.0 Å². The van der Waals surface area contributed by atoms with Crippen LogP contribution < -0.4 is 5.32 Å². The largest absolute Gasteiger partial charge is 0.355 e. The average Bonchev–Trinajstić information content (AvgIpc) is 2.22. The fourth-order valence-electron chi connectivity index (χ4n) is 1.95. The Hall–Kier alpha value is -0.570. The molecule has 0 rings (SSSR count). The van der Waals surface area contributed by atoms with Crippen molar-refractivity contribution in [3.05, 3.63) is 0 Å². The SMILES string of the molecule is CC(C)CCC(CC(=O)NCCN(C)C)C(C)C. The number of carbonyl (C=O) groups is 1. The van der Waals surface area contributed by atoms with E-state index in [1.54, 1.807) is 0 Å². The standard InChI is InChI=1S/C15H32N2O/c1-12(2)7-8-14(13(3)4)11-15(18)16-9-10-17(5)6/h12-14H,7-11H2,1-6H3,(H,16,18). The van der Waals surface area contributed by atoms with Gasteiger partial charge in [-0.3, -0.25) is 4.79 Å². The van der Waals surface area contributed by atoms with Crippen molar-refractivity contribution >= 4 is 5.91 Å². The Labute approximate surface area is 113 Å². The fraction of sp³-hybridized carbons (Fsp3) is 0.933. The number of likely N-dealkylation sites (N-methyl/N-ethyl adjacent to an activating group) is 1. The summed E-state index contributed by atoms with van der Waals surface area (Å²) in [5.74, 6) is 2.04. The summed E-state index contributed by atoms with van der Waals surface area (Å²) in [6, 6.07) is 0. The third kappa shape index (κ3) is 9.46. The van der Waals surface area contributed by atoms with Gasteiger partial charge in [0.05, 0.1) is 0 Å². The minimum atomic E-state index is 0.208. The summed E-state index contributed by atoms with van der Waals surface area (Å²) < 4.78 is 0. The van der Waals surface area contributed by atoms with Crippen molar-refractivity contribution in [1.82, 2.24) is 10.2 Å². The Morgan fingerprint density at radius 2 is 1.72 bits per heavy atom. The van der Waals surface area contributed by atoms with Gasteiger partial charge in [0.15, 0.2) is 0 Å². The first-order valence-corrected chi connectivity index (χ1v) is 7.24. The first-order valence-electron chi connectivity index (χ1n) is 7.24. The second kappa shape index (κ2) is 9.37. The molecule has 108 valence electrons. The normalized spacial score (nSPS) is 13.4. The highest BCUT2D eigenvalue weighted by molar-refractivity contribution is 5.76. The Bertz CT molecular complexity index is 225. The molecule has 0 aliphatic carbocycles. The van der Waals surface area contributed by atoms with Crippen LogP contribution in [0.2, 0.25) is 0 Å². The monoisotopic (exact) mass is 256 g/mol. The molecular weight excluding hydrogens is 224 g/mol. The minimum absolute atomic E-state index is 0.208. The first-order chi connectivity index (χ1) is 8.32. The highest BCUT2D eigenvalue weighted by Crippen LogP contribution is 2.23. The summed E-state index contributed by atoms with van der Waals surface area (Å²) in [7, 11) is 4.04. The molecule has 0 fully saturated rings. The molecule has 1 unspecified atom stereocenters. The summed E-state index contributed by atoms with van der Waals surface area (Å²) >= 11 is 0. The van der Waals surface area contributed by atoms with Crippen LogP contribution in [-0.4, -0.2) is 38.0 Å². The molecule has 0 aromatic carbocycles. The number of nitrogens with one attached hydrogen (secondary N) is 1. The van der Waals surface area contributed by atoms with Crippen LogP contribution in [0.5, 0.6) is 0 Å². The van der Waals surface area contributed by atoms with Crippen molar-refractivity contribution in [3.63, 3.8) is 0 Å². The molecule has 1 amide bonds. The van der Waals surface area contributed by atoms with Gasteiger partial charge in [0.1, 0.15) is 0 Å². The predicted octanol–water partition coefficient (Wildman–Crippen LogP) is 2.76. The third-order valence-electron chi connectivity index (χ3n) is 3.39. The van der Waals surface area contributed by atoms with Gasteiger partial charge >= 0.3 is 0 Å². The van der Waals surface area contributed by atoms with E-state index in [0.717, 1.165) is 25.4 Å². The van der Waals surface area contributed by atoms with E-state index in [9.17, 15) is 4.79 Å². The molecule has 0 aliphatic rings. The Kier molecular flexibility index (Phi) is 9.08. The van der Waals surface area contributed by atoms with E-state index < -0.39 is 0 Å². The fourth-order valence-corrected chi connectivity index (χ4v) is 1.95. The maximum absolute atomic E-state index is 11.9. The van der Waals surface area contributed by atoms with Gasteiger partial charge in [-0.15, -0.1) is 0 Å². The van der Waals surface area contributed by atoms with Gasteiger partial charge in [-0.05, 0) is 38.3 Å². The predicted molar refractivity (Wildman–Crippen MR) is 78.6 cm³/mol. The van der Waals surface area contributed by atoms with E-state index in [-0.39, 0.29) is 5.91 Å². The summed E-state index contributed by atoms with van der Waals surface area (Å²) in [4.78, 5) is 13.9. The van der Waals surface area contributed by atoms with E-state index >= 15 is 0 Å². The molecule has 0 heterocycles. The minimum Gasteiger partial charge on any atom is -0.355 e. The van der Waals surface area contributed by atoms with E-state index in [4.69, 9.17) is 0 Å². The molecule has 3 nitrogen and oxygen atoms in total. The maximum Gasteiger partial charge on any atom is 0.220 e. The molecule has 1 N–H and O–H groups in total. The second-order valence-corrected chi connectivity index (χ2v) is 6.33. The summed E-state index contributed by atoms with van der Waals surface area (Å²) in [5, 5.41) is 3.01. The summed E-state index contributed by atoms with van der Waals surface area (Å²) in [5.41, 5.74) is 0. The van der Waals surface area contributed by atoms with Gasteiger partial charge in [-0.25, -0.2) is 0 Å². The number of hydrogen-bond donors (Lipinski definition) is 1. The van der Waals surface area contributed by atoms with Crippen LogP contribution in [0.25, 0.3) is 0 Å². The highest BCUT2D eigenvalue weighted by Gasteiger charge is 2.17. The molecular formula is C15H32N2O. The lowest BCUT2D eigenvalue weighted by Gasteiger charge is -2.21. The lowest BCUT2D eigenvalue weighted by atomic mass is 9.86. The topological polar surface area (TPSA) is 32.3 Å². The smallest absolute Gasteiger partial charge is 0.220 e. The number of hydrogen-bond acceptors (Lipinski definition) is 2. The van der Waals surface area contributed by atoms with Gasteiger partial charge in [0.2, 0.25) is 5.91 Å². The Morgan fingerprint density at radius 3 is 2.17 bits per heavy atom. The van der Waals surface area contributed by atoms with Crippen LogP contribution in [-0.2, 0) is 4.79 Å². The van der Waals surface area contributed by atoms with Crippen molar-refractivity contribution in [3.8, 4) is 0 Å². The van der Waals surface area contributed by atoms with Gasteiger partial charge in [0.25, 0.3) is 0 Å². The number of amides is 1. The zero-order chi connectivity index (χ0) is 14.1. The molecule has 0 aromatic heterocycles. The molecule has 0 spiro atoms. The quantitative estimate of drug-likeness (QED) is 0.688. The molecule has 0 aliphatic heterocycles. The molecule has 18 heavy (non-hydrogen) atoms. The van der Waals surface area contributed by atoms with Crippen LogP contribution in [0.15, 0.2) is 0 Å². The lowest BCUT2D eigenvalue weighted by Crippen LogP contribution is -2.33. The summed E-state index contributed by atoms with van der Waals surface area (Å²) in [6.45, 7) is 10.6. The van der Waals surface area contributed by atoms with Crippen LogP contribution in [0, 0.1) is 17.8 Å². The Balaban J connectivity index is 3.96. The van der Waals surface area contributed by atoms with Crippen LogP contribution >= 0.6 is 0 Å². The van der Waals surface area contributed by atoms with Gasteiger partial charge in [0, 0.05) is 19.5 Å². The zero-order valence-corrected chi connectivity index (χ0v) is 13.1. The van der Waals surface area contributed by atoms with Gasteiger partial charge in [-0.2, -0.15) is 0 Å². The van der Waals surface area contributed by atoms with E-state index in [2.05, 4.69) is 37.9 Å². The van der Waals surface area contributed by atoms with Crippen molar-refractivity contribution in [1.29, 1.82) is 0 Å². The highest BCUT2D eigenvalue weighted by atomic mass is 16.1. The molecule has 0 aromatic rings. The van der Waals surface area contributed by atoms with Crippen molar-refractivity contribution in [2.24, 2.45) is 17.8 Å². The van der Waals surface area contributed by atoms with E-state index in [1.165, 1.54) is 6.42 Å². The second-order valence-electron chi connectivity index (χ2n) is 6.33. The summed E-state index contributed by atoms with van der Waals surface area (Å²) in [6.07, 6.45) is 3.06. The van der Waals surface area contributed by atoms with Crippen molar-refractivity contribution in [2.75, 3.05) is 27.2 Å². The average molecular weight is 256 g/mol. The molecule has 0 bridgehead atoms. The molecule has 0 saturated carbocycles. The molecule has 3 heteroatoms. The van der Waals surface area contributed by atoms with Crippen molar-refractivity contribution < 1.29 is 4.79 Å². The van der Waals surface area contributed by atoms with E-state index in [1.807, 2.05) is 14.1 Å². The third-order valence-corrected chi connectivity index (χ3v) is 3.39. The van der Waals surface area contributed by atoms with E-state index in [0.29, 0.717) is 18.3 Å². The zero-order valence-electron chi connectivity index (χ0n) is 13.1. The van der Waals surface area contributed by atoms with Gasteiger partial charge < -0.3 is 10.2 Å². The van der Waals surface area contributed by atoms with Crippen molar-refractivity contribution in [2.45, 2.75) is 47.0 Å². The lowest BCUT2D eigenvalue weighted by molar-refractivity contribution is -0.122. The molecule has 0 saturated heterocycles. The van der Waals surface area contributed by atoms with Crippen LogP contribution in [0.3, 0.4) is 0 Å². The number of nitrogens with zero attached hydrogens (tertiary/aromatic N) is 1. The first kappa shape index (κ1) is 17.4.